The molecule has 1 N–H and O–H groups in total. The van der Waals surface area contributed by atoms with Crippen LogP contribution in [0, 0.1) is 11.7 Å². The van der Waals surface area contributed by atoms with Gasteiger partial charge in [0.25, 0.3) is 0 Å². The van der Waals surface area contributed by atoms with Gasteiger partial charge in [-0.05, 0) is 30.5 Å². The Balaban J connectivity index is 1.92. The van der Waals surface area contributed by atoms with Crippen molar-refractivity contribution >= 4 is 11.8 Å². The van der Waals surface area contributed by atoms with Gasteiger partial charge in [0.1, 0.15) is 5.82 Å². The molecule has 0 aromatic heterocycles. The quantitative estimate of drug-likeness (QED) is 0.878. The van der Waals surface area contributed by atoms with E-state index in [1.807, 2.05) is 13.8 Å². The summed E-state index contributed by atoms with van der Waals surface area (Å²) in [6.07, 6.45) is 1.92. The SMILES string of the molecule is CCC(CC)C(=O)NC1CC(=O)N(Cc2cccc(F)c2)C1. The van der Waals surface area contributed by atoms with Crippen LogP contribution in [0.5, 0.6) is 0 Å². The molecule has 2 rings (SSSR count). The van der Waals surface area contributed by atoms with Crippen molar-refractivity contribution in [2.45, 2.75) is 45.7 Å². The van der Waals surface area contributed by atoms with Crippen LogP contribution in [0.3, 0.4) is 0 Å². The lowest BCUT2D eigenvalue weighted by molar-refractivity contribution is -0.128. The second kappa shape index (κ2) is 7.38. The highest BCUT2D eigenvalue weighted by Gasteiger charge is 2.31. The molecule has 4 nitrogen and oxygen atoms in total. The molecule has 22 heavy (non-hydrogen) atoms. The number of rotatable bonds is 6. The topological polar surface area (TPSA) is 49.4 Å². The summed E-state index contributed by atoms with van der Waals surface area (Å²) in [7, 11) is 0. The zero-order valence-corrected chi connectivity index (χ0v) is 13.1. The van der Waals surface area contributed by atoms with Crippen LogP contribution in [0.4, 0.5) is 4.39 Å². The number of benzene rings is 1. The van der Waals surface area contributed by atoms with E-state index in [1.54, 1.807) is 17.0 Å². The van der Waals surface area contributed by atoms with Crippen LogP contribution in [-0.2, 0) is 16.1 Å². The maximum atomic E-state index is 13.2. The summed E-state index contributed by atoms with van der Waals surface area (Å²) >= 11 is 0. The van der Waals surface area contributed by atoms with Crippen molar-refractivity contribution in [3.8, 4) is 0 Å². The molecular weight excluding hydrogens is 283 g/mol. The molecule has 120 valence electrons. The van der Waals surface area contributed by atoms with Crippen molar-refractivity contribution in [1.82, 2.24) is 10.2 Å². The summed E-state index contributed by atoms with van der Waals surface area (Å²) in [5, 5.41) is 2.96. The van der Waals surface area contributed by atoms with Gasteiger partial charge in [0, 0.05) is 25.4 Å². The van der Waals surface area contributed by atoms with Gasteiger partial charge in [-0.1, -0.05) is 26.0 Å². The van der Waals surface area contributed by atoms with Crippen LogP contribution >= 0.6 is 0 Å². The van der Waals surface area contributed by atoms with Gasteiger partial charge in [0.2, 0.25) is 11.8 Å². The molecule has 1 heterocycles. The van der Waals surface area contributed by atoms with Gasteiger partial charge in [-0.2, -0.15) is 0 Å². The minimum atomic E-state index is -0.303. The Hall–Kier alpha value is -1.91. The van der Waals surface area contributed by atoms with E-state index in [4.69, 9.17) is 0 Å². The third kappa shape index (κ3) is 4.06. The third-order valence-corrected chi connectivity index (χ3v) is 4.18. The van der Waals surface area contributed by atoms with Gasteiger partial charge < -0.3 is 10.2 Å². The molecule has 0 spiro atoms. The molecule has 1 aliphatic heterocycles. The summed E-state index contributed by atoms with van der Waals surface area (Å²) in [6, 6.07) is 6.11. The van der Waals surface area contributed by atoms with Crippen LogP contribution in [-0.4, -0.2) is 29.3 Å². The van der Waals surface area contributed by atoms with Gasteiger partial charge in [0.15, 0.2) is 0 Å². The van der Waals surface area contributed by atoms with Crippen molar-refractivity contribution in [2.24, 2.45) is 5.92 Å². The Labute approximate surface area is 130 Å². The van der Waals surface area contributed by atoms with E-state index in [-0.39, 0.29) is 29.6 Å². The molecular formula is C17H23FN2O2. The number of halogens is 1. The molecule has 0 saturated carbocycles. The summed E-state index contributed by atoms with van der Waals surface area (Å²) < 4.78 is 13.2. The number of hydrogen-bond donors (Lipinski definition) is 1. The van der Waals surface area contributed by atoms with Gasteiger partial charge in [0.05, 0.1) is 6.04 Å². The fraction of sp³-hybridized carbons (Fsp3) is 0.529. The third-order valence-electron chi connectivity index (χ3n) is 4.18. The lowest BCUT2D eigenvalue weighted by Crippen LogP contribution is -2.40. The van der Waals surface area contributed by atoms with E-state index in [2.05, 4.69) is 5.32 Å². The monoisotopic (exact) mass is 306 g/mol. The average Bonchev–Trinajstić information content (AvgIpc) is 2.80. The summed E-state index contributed by atoms with van der Waals surface area (Å²) in [5.41, 5.74) is 0.764. The summed E-state index contributed by atoms with van der Waals surface area (Å²) in [4.78, 5) is 25.8. The highest BCUT2D eigenvalue weighted by Crippen LogP contribution is 2.17. The molecule has 0 bridgehead atoms. The van der Waals surface area contributed by atoms with Crippen LogP contribution in [0.2, 0.25) is 0 Å². The van der Waals surface area contributed by atoms with Gasteiger partial charge in [-0.15, -0.1) is 0 Å². The van der Waals surface area contributed by atoms with E-state index < -0.39 is 0 Å². The molecule has 1 aliphatic rings. The Morgan fingerprint density at radius 2 is 2.14 bits per heavy atom. The number of nitrogens with zero attached hydrogens (tertiary/aromatic N) is 1. The smallest absolute Gasteiger partial charge is 0.225 e. The first-order valence-corrected chi connectivity index (χ1v) is 7.86. The lowest BCUT2D eigenvalue weighted by atomic mass is 10.0. The van der Waals surface area contributed by atoms with E-state index in [9.17, 15) is 14.0 Å². The Morgan fingerprint density at radius 3 is 2.77 bits per heavy atom. The highest BCUT2D eigenvalue weighted by molar-refractivity contribution is 5.83. The second-order valence-corrected chi connectivity index (χ2v) is 5.83. The van der Waals surface area contributed by atoms with Crippen LogP contribution in [0.1, 0.15) is 38.7 Å². The van der Waals surface area contributed by atoms with Crippen molar-refractivity contribution in [3.05, 3.63) is 35.6 Å². The molecule has 2 amide bonds. The van der Waals surface area contributed by atoms with E-state index in [0.29, 0.717) is 19.5 Å². The molecule has 5 heteroatoms. The molecule has 1 fully saturated rings. The first-order valence-electron chi connectivity index (χ1n) is 7.86. The van der Waals surface area contributed by atoms with Crippen molar-refractivity contribution in [2.75, 3.05) is 6.54 Å². The molecule has 1 saturated heterocycles. The Bertz CT molecular complexity index is 543. The van der Waals surface area contributed by atoms with Crippen molar-refractivity contribution in [3.63, 3.8) is 0 Å². The normalized spacial score (nSPS) is 18.1. The van der Waals surface area contributed by atoms with Crippen LogP contribution < -0.4 is 5.32 Å². The number of hydrogen-bond acceptors (Lipinski definition) is 2. The molecule has 1 unspecified atom stereocenters. The molecule has 0 radical (unpaired) electrons. The fourth-order valence-electron chi connectivity index (χ4n) is 2.86. The minimum Gasteiger partial charge on any atom is -0.351 e. The van der Waals surface area contributed by atoms with E-state index in [0.717, 1.165) is 18.4 Å². The number of amides is 2. The first kappa shape index (κ1) is 16.5. The summed E-state index contributed by atoms with van der Waals surface area (Å²) in [5.74, 6) is -0.274. The van der Waals surface area contributed by atoms with E-state index >= 15 is 0 Å². The zero-order chi connectivity index (χ0) is 16.1. The van der Waals surface area contributed by atoms with Gasteiger partial charge >= 0.3 is 0 Å². The largest absolute Gasteiger partial charge is 0.351 e. The minimum absolute atomic E-state index is 0.000826. The Kier molecular flexibility index (Phi) is 5.52. The maximum absolute atomic E-state index is 13.2. The number of likely N-dealkylation sites (tertiary alicyclic amines) is 1. The predicted molar refractivity (Wildman–Crippen MR) is 82.4 cm³/mol. The average molecular weight is 306 g/mol. The molecule has 1 aromatic carbocycles. The van der Waals surface area contributed by atoms with Crippen LogP contribution in [0.25, 0.3) is 0 Å². The van der Waals surface area contributed by atoms with E-state index in [1.165, 1.54) is 12.1 Å². The first-order chi connectivity index (χ1) is 10.5. The molecule has 1 aromatic rings. The highest BCUT2D eigenvalue weighted by atomic mass is 19.1. The fourth-order valence-corrected chi connectivity index (χ4v) is 2.86. The lowest BCUT2D eigenvalue weighted by Gasteiger charge is -2.19. The van der Waals surface area contributed by atoms with Gasteiger partial charge in [-0.3, -0.25) is 9.59 Å². The second-order valence-electron chi connectivity index (χ2n) is 5.83. The van der Waals surface area contributed by atoms with Crippen LogP contribution in [0.15, 0.2) is 24.3 Å². The van der Waals surface area contributed by atoms with Crippen molar-refractivity contribution < 1.29 is 14.0 Å². The number of carbonyl (C=O) groups is 2. The number of nitrogens with one attached hydrogen (secondary N) is 1. The zero-order valence-electron chi connectivity index (χ0n) is 13.1. The van der Waals surface area contributed by atoms with Gasteiger partial charge in [-0.25, -0.2) is 4.39 Å². The van der Waals surface area contributed by atoms with Crippen molar-refractivity contribution in [1.29, 1.82) is 0 Å². The Morgan fingerprint density at radius 1 is 1.41 bits per heavy atom. The maximum Gasteiger partial charge on any atom is 0.225 e. The number of carbonyl (C=O) groups excluding carboxylic acids is 2. The predicted octanol–water partition coefficient (Wildman–Crippen LogP) is 2.48. The molecule has 0 aliphatic carbocycles. The standard InChI is InChI=1S/C17H23FN2O2/c1-3-13(4-2)17(22)19-15-9-16(21)20(11-15)10-12-6-5-7-14(18)8-12/h5-8,13,15H,3-4,9-11H2,1-2H3,(H,19,22). The summed E-state index contributed by atoms with van der Waals surface area (Å²) in [6.45, 7) is 4.85. The molecule has 1 atom stereocenters.